The average Bonchev–Trinajstić information content (AvgIpc) is 3.93. The third-order valence-corrected chi connectivity index (χ3v) is 14.6. The minimum Gasteiger partial charge on any atom is -0.489 e. The third kappa shape index (κ3) is 15.3. The Hall–Kier alpha value is -4.39. The van der Waals surface area contributed by atoms with Crippen LogP contribution in [0.2, 0.25) is 0 Å². The number of aryl methyl sites for hydroxylation is 1. The molecule has 5 rings (SSSR count). The number of aliphatic hydroxyl groups excluding tert-OH is 1. The Bertz CT molecular complexity index is 1900. The topological polar surface area (TPSA) is 198 Å². The maximum atomic E-state index is 14.1. The number of likely N-dealkylation sites (tertiary alicyclic amines) is 1. The summed E-state index contributed by atoms with van der Waals surface area (Å²) in [5.41, 5.74) is 1.95. The van der Waals surface area contributed by atoms with Gasteiger partial charge in [-0.3, -0.25) is 33.7 Å². The fourth-order valence-corrected chi connectivity index (χ4v) is 10.8. The first-order valence-electron chi connectivity index (χ1n) is 24.5. The molecule has 4 aliphatic rings. The number of hydrogen-bond donors (Lipinski definition) is 4. The molecule has 364 valence electrons. The van der Waals surface area contributed by atoms with Crippen molar-refractivity contribution in [3.05, 3.63) is 41.5 Å². The molecule has 2 saturated carbocycles. The molecule has 1 aromatic rings. The van der Waals surface area contributed by atoms with E-state index in [1.807, 2.05) is 38.1 Å². The summed E-state index contributed by atoms with van der Waals surface area (Å²) in [7, 11) is 0. The molecular weight excluding hydrogens is 863 g/mol. The van der Waals surface area contributed by atoms with E-state index >= 15 is 0 Å². The van der Waals surface area contributed by atoms with E-state index in [1.54, 1.807) is 13.0 Å². The molecule has 2 aliphatic heterocycles. The predicted octanol–water partition coefficient (Wildman–Crippen LogP) is 6.50. The fraction of sp³-hybridized carbons (Fsp3) is 0.686. The SMILES string of the molecule is CC#CC[C@H](C)[C@H](O)/C=C/[C@@H]1[C@H]2c3cccc(CCCC(=O)O)c3O[C@H]2C[C@H]1OC(=O)C1CCCCC1C(=O)NCCCCCCSC1CC(=O)N(CCC(=O)NCCCOCCC)C1=O. The number of fused-ring (bicyclic) bond motifs is 3. The summed E-state index contributed by atoms with van der Waals surface area (Å²) in [5, 5.41) is 25.7. The number of aliphatic carboxylic acids is 1. The van der Waals surface area contributed by atoms with Crippen LogP contribution in [0.3, 0.4) is 0 Å². The van der Waals surface area contributed by atoms with Gasteiger partial charge in [0, 0.05) is 82.4 Å². The Labute approximate surface area is 395 Å². The monoisotopic (exact) mass is 935 g/mol. The molecule has 66 heavy (non-hydrogen) atoms. The lowest BCUT2D eigenvalue weighted by atomic mass is 9.78. The zero-order valence-corrected chi connectivity index (χ0v) is 40.1. The lowest BCUT2D eigenvalue weighted by Crippen LogP contribution is -2.41. The van der Waals surface area contributed by atoms with E-state index in [0.717, 1.165) is 67.6 Å². The normalized spacial score (nSPS) is 24.2. The number of ether oxygens (including phenoxy) is 3. The summed E-state index contributed by atoms with van der Waals surface area (Å²) in [6, 6.07) is 5.96. The van der Waals surface area contributed by atoms with Gasteiger partial charge in [-0.25, -0.2) is 0 Å². The molecular formula is C51H73N3O11S. The van der Waals surface area contributed by atoms with Crippen molar-refractivity contribution in [2.45, 2.75) is 159 Å². The number of carboxylic acid groups (broad SMARTS) is 1. The number of aliphatic hydroxyl groups is 1. The van der Waals surface area contributed by atoms with Gasteiger partial charge in [0.05, 0.1) is 23.2 Å². The number of nitrogens with zero attached hydrogens (tertiary/aromatic N) is 1. The highest BCUT2D eigenvalue weighted by atomic mass is 32.2. The molecule has 15 heteroatoms. The van der Waals surface area contributed by atoms with Crippen molar-refractivity contribution in [3.63, 3.8) is 0 Å². The molecule has 3 unspecified atom stereocenters. The number of carbonyl (C=O) groups excluding carboxylic acids is 5. The van der Waals surface area contributed by atoms with Crippen molar-refractivity contribution in [3.8, 4) is 17.6 Å². The molecule has 2 aliphatic carbocycles. The Morgan fingerprint density at radius 3 is 2.55 bits per heavy atom. The summed E-state index contributed by atoms with van der Waals surface area (Å²) in [5.74, 6) is 3.89. The third-order valence-electron chi connectivity index (χ3n) is 13.3. The van der Waals surface area contributed by atoms with Gasteiger partial charge in [-0.1, -0.05) is 69.9 Å². The first kappa shape index (κ1) is 52.6. The van der Waals surface area contributed by atoms with Crippen LogP contribution in [0.5, 0.6) is 5.75 Å². The molecule has 1 saturated heterocycles. The molecule has 0 aromatic heterocycles. The minimum atomic E-state index is -0.839. The van der Waals surface area contributed by atoms with Gasteiger partial charge in [0.15, 0.2) is 0 Å². The number of imide groups is 1. The predicted molar refractivity (Wildman–Crippen MR) is 252 cm³/mol. The van der Waals surface area contributed by atoms with Crippen molar-refractivity contribution < 1.29 is 53.2 Å². The van der Waals surface area contributed by atoms with Gasteiger partial charge in [0.2, 0.25) is 23.6 Å². The number of amides is 4. The van der Waals surface area contributed by atoms with Crippen molar-refractivity contribution in [2.24, 2.45) is 23.7 Å². The molecule has 9 atom stereocenters. The number of carboxylic acids is 1. The first-order chi connectivity index (χ1) is 31.9. The van der Waals surface area contributed by atoms with Gasteiger partial charge in [-0.2, -0.15) is 0 Å². The van der Waals surface area contributed by atoms with Crippen LogP contribution >= 0.6 is 11.8 Å². The van der Waals surface area contributed by atoms with Crippen LogP contribution in [0.4, 0.5) is 0 Å². The Morgan fingerprint density at radius 1 is 1.00 bits per heavy atom. The van der Waals surface area contributed by atoms with Gasteiger partial charge in [0.1, 0.15) is 18.0 Å². The summed E-state index contributed by atoms with van der Waals surface area (Å²) in [6.45, 7) is 8.12. The number of esters is 1. The van der Waals surface area contributed by atoms with Gasteiger partial charge in [-0.15, -0.1) is 23.6 Å². The molecule has 4 amide bonds. The zero-order valence-electron chi connectivity index (χ0n) is 39.3. The molecule has 14 nitrogen and oxygen atoms in total. The van der Waals surface area contributed by atoms with Crippen LogP contribution in [0.15, 0.2) is 30.4 Å². The molecule has 2 heterocycles. The maximum absolute atomic E-state index is 14.1. The summed E-state index contributed by atoms with van der Waals surface area (Å²) < 4.78 is 18.4. The van der Waals surface area contributed by atoms with Crippen molar-refractivity contribution in [2.75, 3.05) is 38.6 Å². The van der Waals surface area contributed by atoms with Gasteiger partial charge in [0.25, 0.3) is 0 Å². The zero-order chi connectivity index (χ0) is 47.4. The smallest absolute Gasteiger partial charge is 0.310 e. The van der Waals surface area contributed by atoms with E-state index in [2.05, 4.69) is 22.5 Å². The summed E-state index contributed by atoms with van der Waals surface area (Å²) in [6.07, 6.45) is 12.5. The number of rotatable bonds is 28. The number of hydrogen-bond acceptors (Lipinski definition) is 11. The van der Waals surface area contributed by atoms with E-state index in [-0.39, 0.29) is 79.3 Å². The maximum Gasteiger partial charge on any atom is 0.310 e. The molecule has 0 bridgehead atoms. The molecule has 0 radical (unpaired) electrons. The number of benzene rings is 1. The standard InChI is InChI=1S/C51H73N3O11S/c1-4-6-16-34(3)40(55)24-23-38-41(32-42-47(38)39-21-13-17-35(48(39)64-42)18-14-22-46(58)59)65-51(62)37-20-10-9-19-36(37)49(60)53-26-11-7-8-12-31-66-43-33-45(57)54(50(43)61)28-25-44(56)52-27-15-30-63-29-5-2/h13,17,21,23-24,34,36-38,40-43,47,55H,5,7-12,14-16,18-20,22,25-33H2,1-3H3,(H,52,56)(H,53,60)(H,58,59)/b24-23+/t34-,36?,37?,38-,40+,41+,42-,43?,47-/m0/s1. The Morgan fingerprint density at radius 2 is 1.77 bits per heavy atom. The summed E-state index contributed by atoms with van der Waals surface area (Å²) in [4.78, 5) is 77.8. The highest BCUT2D eigenvalue weighted by molar-refractivity contribution is 8.00. The lowest BCUT2D eigenvalue weighted by molar-refractivity contribution is -0.161. The van der Waals surface area contributed by atoms with E-state index in [0.29, 0.717) is 71.2 Å². The van der Waals surface area contributed by atoms with Crippen molar-refractivity contribution >= 4 is 47.3 Å². The largest absolute Gasteiger partial charge is 0.489 e. The first-order valence-corrected chi connectivity index (χ1v) is 25.5. The highest BCUT2D eigenvalue weighted by Crippen LogP contribution is 2.53. The van der Waals surface area contributed by atoms with Gasteiger partial charge < -0.3 is 35.1 Å². The van der Waals surface area contributed by atoms with Gasteiger partial charge in [-0.05, 0) is 75.5 Å². The average molecular weight is 936 g/mol. The quantitative estimate of drug-likeness (QED) is 0.0234. The Kier molecular flexibility index (Phi) is 21.9. The second kappa shape index (κ2) is 27.4. The number of unbranched alkanes of at least 4 members (excludes halogenated alkanes) is 3. The van der Waals surface area contributed by atoms with Crippen LogP contribution in [0.25, 0.3) is 0 Å². The number of para-hydroxylation sites is 1. The molecule has 3 fully saturated rings. The minimum absolute atomic E-state index is 0.0670. The highest BCUT2D eigenvalue weighted by Gasteiger charge is 2.52. The fourth-order valence-electron chi connectivity index (χ4n) is 9.60. The molecule has 1 aromatic carbocycles. The molecule has 4 N–H and O–H groups in total. The molecule has 0 spiro atoms. The lowest BCUT2D eigenvalue weighted by Gasteiger charge is -2.31. The van der Waals surface area contributed by atoms with Crippen LogP contribution in [-0.4, -0.2) is 113 Å². The van der Waals surface area contributed by atoms with Crippen LogP contribution < -0.4 is 15.4 Å². The number of carbonyl (C=O) groups is 6. The second-order valence-electron chi connectivity index (χ2n) is 18.3. The second-order valence-corrected chi connectivity index (χ2v) is 19.6. The van der Waals surface area contributed by atoms with E-state index in [4.69, 9.17) is 14.2 Å². The number of nitrogens with one attached hydrogen (secondary N) is 2. The van der Waals surface area contributed by atoms with Crippen LogP contribution in [-0.2, 0) is 44.7 Å². The Balaban J connectivity index is 1.06. The van der Waals surface area contributed by atoms with Crippen molar-refractivity contribution in [1.82, 2.24) is 15.5 Å². The number of thioether (sulfide) groups is 1. The van der Waals surface area contributed by atoms with E-state index in [1.165, 1.54) is 16.7 Å². The van der Waals surface area contributed by atoms with Crippen molar-refractivity contribution in [1.29, 1.82) is 0 Å². The summed E-state index contributed by atoms with van der Waals surface area (Å²) >= 11 is 1.49. The van der Waals surface area contributed by atoms with Crippen LogP contribution in [0.1, 0.15) is 141 Å². The van der Waals surface area contributed by atoms with E-state index < -0.39 is 35.3 Å². The van der Waals surface area contributed by atoms with Crippen LogP contribution in [0, 0.1) is 35.5 Å². The van der Waals surface area contributed by atoms with E-state index in [9.17, 15) is 39.0 Å². The van der Waals surface area contributed by atoms with Gasteiger partial charge >= 0.3 is 11.9 Å².